The lowest BCUT2D eigenvalue weighted by Crippen LogP contribution is -2.17. The predicted octanol–water partition coefficient (Wildman–Crippen LogP) is 5.63. The predicted molar refractivity (Wildman–Crippen MR) is 103 cm³/mol. The van der Waals surface area contributed by atoms with Gasteiger partial charge in [-0.3, -0.25) is 4.79 Å². The fraction of sp³-hybridized carbons (Fsp3) is 0.0952. The number of alkyl halides is 6. The Kier molecular flexibility index (Phi) is 7.64. The molecule has 2 aromatic rings. The molecular formula is C21H14F6O6. The normalized spacial score (nSPS) is 13.0. The van der Waals surface area contributed by atoms with Crippen molar-refractivity contribution in [3.05, 3.63) is 71.5 Å². The lowest BCUT2D eigenvalue weighted by molar-refractivity contribution is -0.276. The fourth-order valence-electron chi connectivity index (χ4n) is 2.28. The van der Waals surface area contributed by atoms with E-state index in [1.54, 1.807) is 0 Å². The van der Waals surface area contributed by atoms with Gasteiger partial charge in [-0.05, 0) is 47.5 Å². The molecule has 2 rings (SSSR count). The molecule has 0 aliphatic rings. The summed E-state index contributed by atoms with van der Waals surface area (Å²) < 4.78 is 81.1. The van der Waals surface area contributed by atoms with E-state index in [9.17, 15) is 46.5 Å². The summed E-state index contributed by atoms with van der Waals surface area (Å²) >= 11 is 0. The zero-order chi connectivity index (χ0) is 24.8. The number of hydrogen-bond donors (Lipinski definition) is 3. The number of ether oxygens (including phenoxy) is 2. The first-order chi connectivity index (χ1) is 15.2. The van der Waals surface area contributed by atoms with Crippen molar-refractivity contribution in [2.75, 3.05) is 0 Å². The summed E-state index contributed by atoms with van der Waals surface area (Å²) in [5, 5.41) is 28.6. The van der Waals surface area contributed by atoms with Crippen LogP contribution in [0.5, 0.6) is 23.0 Å². The molecule has 0 saturated carbocycles. The van der Waals surface area contributed by atoms with E-state index in [-0.39, 0.29) is 11.1 Å². The van der Waals surface area contributed by atoms with Gasteiger partial charge in [0.25, 0.3) is 0 Å². The Morgan fingerprint density at radius 3 is 1.61 bits per heavy atom. The Hall–Kier alpha value is -4.09. The lowest BCUT2D eigenvalue weighted by atomic mass is 10.1. The van der Waals surface area contributed by atoms with E-state index in [0.717, 1.165) is 54.6 Å². The van der Waals surface area contributed by atoms with Crippen LogP contribution in [-0.4, -0.2) is 33.8 Å². The molecule has 0 radical (unpaired) electrons. The molecule has 3 N–H and O–H groups in total. The van der Waals surface area contributed by atoms with E-state index in [1.807, 2.05) is 0 Å². The van der Waals surface area contributed by atoms with E-state index in [2.05, 4.69) is 9.47 Å². The third kappa shape index (κ3) is 8.89. The number of carbonyl (C=O) groups excluding carboxylic acids is 1. The molecular weight excluding hydrogens is 462 g/mol. The zero-order valence-corrected chi connectivity index (χ0v) is 16.2. The van der Waals surface area contributed by atoms with Gasteiger partial charge >= 0.3 is 12.7 Å². The summed E-state index contributed by atoms with van der Waals surface area (Å²) in [5.41, 5.74) is 0.168. The number of ketones is 1. The second-order valence-electron chi connectivity index (χ2n) is 6.19. The number of aromatic hydroxyl groups is 2. The molecule has 176 valence electrons. The maximum atomic E-state index is 12.3. The van der Waals surface area contributed by atoms with Gasteiger partial charge in [0, 0.05) is 6.08 Å². The van der Waals surface area contributed by atoms with Crippen LogP contribution in [0.15, 0.2) is 60.4 Å². The number of phenols is 2. The minimum absolute atomic E-state index is 0.0742. The Morgan fingerprint density at radius 1 is 0.758 bits per heavy atom. The van der Waals surface area contributed by atoms with Gasteiger partial charge in [0.15, 0.2) is 28.8 Å². The molecule has 2 aromatic carbocycles. The van der Waals surface area contributed by atoms with Crippen LogP contribution in [0.4, 0.5) is 26.3 Å². The van der Waals surface area contributed by atoms with Crippen molar-refractivity contribution in [2.45, 2.75) is 12.7 Å². The summed E-state index contributed by atoms with van der Waals surface area (Å²) in [5.74, 6) is -4.65. The molecule has 0 atom stereocenters. The van der Waals surface area contributed by atoms with E-state index in [0.29, 0.717) is 0 Å². The third-order valence-electron chi connectivity index (χ3n) is 3.60. The van der Waals surface area contributed by atoms with E-state index < -0.39 is 47.3 Å². The number of halogens is 6. The lowest BCUT2D eigenvalue weighted by Gasteiger charge is -2.10. The molecule has 0 fully saturated rings. The molecule has 0 saturated heterocycles. The minimum atomic E-state index is -5.03. The highest BCUT2D eigenvalue weighted by atomic mass is 19.4. The van der Waals surface area contributed by atoms with Gasteiger partial charge in [-0.2, -0.15) is 0 Å². The maximum absolute atomic E-state index is 12.3. The Labute approximate surface area is 181 Å². The molecule has 0 aromatic heterocycles. The summed E-state index contributed by atoms with van der Waals surface area (Å²) in [7, 11) is 0. The van der Waals surface area contributed by atoms with Crippen molar-refractivity contribution in [3.8, 4) is 23.0 Å². The van der Waals surface area contributed by atoms with Gasteiger partial charge < -0.3 is 24.8 Å². The SMILES string of the molecule is O=C(/C=C(O)/C=C/c1ccc(O)c(OC(F)(F)F)c1)/C=C/c1ccc(O)c(OC(F)(F)F)c1. The minimum Gasteiger partial charge on any atom is -0.508 e. The molecule has 0 heterocycles. The van der Waals surface area contributed by atoms with Crippen LogP contribution in [0, 0.1) is 0 Å². The van der Waals surface area contributed by atoms with Crippen molar-refractivity contribution in [1.82, 2.24) is 0 Å². The highest BCUT2D eigenvalue weighted by Crippen LogP contribution is 2.33. The Morgan fingerprint density at radius 2 is 1.18 bits per heavy atom. The summed E-state index contributed by atoms with van der Waals surface area (Å²) in [4.78, 5) is 11.9. The van der Waals surface area contributed by atoms with Crippen molar-refractivity contribution < 1.29 is 55.9 Å². The van der Waals surface area contributed by atoms with Crippen molar-refractivity contribution >= 4 is 17.9 Å². The number of phenolic OH excluding ortho intramolecular Hbond substituents is 2. The second-order valence-corrected chi connectivity index (χ2v) is 6.19. The summed E-state index contributed by atoms with van der Waals surface area (Å²) in [6.45, 7) is 0. The van der Waals surface area contributed by atoms with Gasteiger partial charge in [-0.25, -0.2) is 0 Å². The van der Waals surface area contributed by atoms with Crippen molar-refractivity contribution in [1.29, 1.82) is 0 Å². The first-order valence-electron chi connectivity index (χ1n) is 8.70. The van der Waals surface area contributed by atoms with Gasteiger partial charge in [-0.15, -0.1) is 26.3 Å². The zero-order valence-electron chi connectivity index (χ0n) is 16.2. The fourth-order valence-corrected chi connectivity index (χ4v) is 2.28. The summed E-state index contributed by atoms with van der Waals surface area (Å²) in [6, 6.07) is 5.97. The van der Waals surface area contributed by atoms with Gasteiger partial charge in [0.05, 0.1) is 0 Å². The van der Waals surface area contributed by atoms with E-state index >= 15 is 0 Å². The van der Waals surface area contributed by atoms with Gasteiger partial charge in [0.1, 0.15) is 5.76 Å². The number of benzene rings is 2. The standard InChI is InChI=1S/C21H14F6O6/c22-20(23,24)32-18-9-12(3-7-16(18)30)1-5-14(28)11-15(29)6-2-13-4-8-17(31)19(10-13)33-21(25,26)27/h1-11,28,30-31H/b5-1+,6-2+,14-11-. The first-order valence-corrected chi connectivity index (χ1v) is 8.70. The van der Waals surface area contributed by atoms with Gasteiger partial charge in [-0.1, -0.05) is 24.3 Å². The number of carbonyl (C=O) groups is 1. The number of aliphatic hydroxyl groups is 1. The second kappa shape index (κ2) is 10.0. The van der Waals surface area contributed by atoms with Crippen LogP contribution in [0.25, 0.3) is 12.2 Å². The smallest absolute Gasteiger partial charge is 0.508 e. The van der Waals surface area contributed by atoms with Crippen LogP contribution in [0.2, 0.25) is 0 Å². The van der Waals surface area contributed by atoms with Crippen LogP contribution >= 0.6 is 0 Å². The molecule has 0 unspecified atom stereocenters. The van der Waals surface area contributed by atoms with Crippen molar-refractivity contribution in [2.24, 2.45) is 0 Å². The van der Waals surface area contributed by atoms with Crippen LogP contribution in [0.3, 0.4) is 0 Å². The molecule has 0 spiro atoms. The number of allylic oxidation sites excluding steroid dienone is 3. The molecule has 0 bridgehead atoms. The van der Waals surface area contributed by atoms with Gasteiger partial charge in [0.2, 0.25) is 0 Å². The highest BCUT2D eigenvalue weighted by molar-refractivity contribution is 6.02. The van der Waals surface area contributed by atoms with Crippen LogP contribution in [-0.2, 0) is 4.79 Å². The monoisotopic (exact) mass is 476 g/mol. The Balaban J connectivity index is 2.09. The third-order valence-corrected chi connectivity index (χ3v) is 3.60. The Bertz CT molecular complexity index is 1100. The summed E-state index contributed by atoms with van der Waals surface area (Å²) in [6.07, 6.45) is -5.22. The van der Waals surface area contributed by atoms with Crippen LogP contribution < -0.4 is 9.47 Å². The molecule has 0 aliphatic heterocycles. The molecule has 12 heteroatoms. The molecule has 0 aliphatic carbocycles. The topological polar surface area (TPSA) is 96.2 Å². The van der Waals surface area contributed by atoms with E-state index in [1.165, 1.54) is 12.1 Å². The maximum Gasteiger partial charge on any atom is 0.573 e. The largest absolute Gasteiger partial charge is 0.573 e. The number of aliphatic hydroxyl groups excluding tert-OH is 1. The quantitative estimate of drug-likeness (QED) is 0.207. The molecule has 33 heavy (non-hydrogen) atoms. The number of rotatable bonds is 7. The molecule has 0 amide bonds. The highest BCUT2D eigenvalue weighted by Gasteiger charge is 2.33. The van der Waals surface area contributed by atoms with Crippen molar-refractivity contribution in [3.63, 3.8) is 0 Å². The molecule has 6 nitrogen and oxygen atoms in total. The average Bonchev–Trinajstić information content (AvgIpc) is 2.67. The van der Waals surface area contributed by atoms with E-state index in [4.69, 9.17) is 0 Å². The van der Waals surface area contributed by atoms with Crippen LogP contribution in [0.1, 0.15) is 11.1 Å². The first kappa shape index (κ1) is 25.2. The average molecular weight is 476 g/mol. The number of hydrogen-bond acceptors (Lipinski definition) is 6.